The lowest BCUT2D eigenvalue weighted by Crippen LogP contribution is -2.57. The van der Waals surface area contributed by atoms with Crippen LogP contribution in [0.3, 0.4) is 0 Å². The van der Waals surface area contributed by atoms with Gasteiger partial charge in [0, 0.05) is 18.1 Å². The second-order valence-electron chi connectivity index (χ2n) is 7.64. The Kier molecular flexibility index (Phi) is 5.31. The Morgan fingerprint density at radius 1 is 1.29 bits per heavy atom. The van der Waals surface area contributed by atoms with Gasteiger partial charge in [-0.1, -0.05) is 19.8 Å². The number of nitrogens with two attached hydrogens (primary N) is 1. The molecule has 2 rings (SSSR count). The van der Waals surface area contributed by atoms with Crippen molar-refractivity contribution in [2.45, 2.75) is 89.4 Å². The highest BCUT2D eigenvalue weighted by Crippen LogP contribution is 2.37. The maximum Gasteiger partial charge on any atom is 0.237 e. The van der Waals surface area contributed by atoms with Gasteiger partial charge in [0.15, 0.2) is 0 Å². The molecule has 4 nitrogen and oxygen atoms in total. The monoisotopic (exact) mass is 295 g/mol. The number of amides is 1. The molecule has 0 aromatic carbocycles. The normalized spacial score (nSPS) is 37.3. The first-order valence-corrected chi connectivity index (χ1v) is 8.65. The summed E-state index contributed by atoms with van der Waals surface area (Å²) in [6, 6.07) is 1.44. The molecule has 2 fully saturated rings. The van der Waals surface area contributed by atoms with Crippen LogP contribution in [0.5, 0.6) is 0 Å². The van der Waals surface area contributed by atoms with Gasteiger partial charge in [-0.2, -0.15) is 0 Å². The minimum Gasteiger partial charge on any atom is -0.368 e. The fraction of sp³-hybridized carbons (Fsp3) is 0.941. The van der Waals surface area contributed by atoms with Crippen LogP contribution in [-0.4, -0.2) is 41.5 Å². The molecule has 4 unspecified atom stereocenters. The van der Waals surface area contributed by atoms with Crippen LogP contribution in [0.1, 0.15) is 65.7 Å². The Labute approximate surface area is 129 Å². The Hall–Kier alpha value is -0.610. The van der Waals surface area contributed by atoms with E-state index in [0.717, 1.165) is 25.2 Å². The van der Waals surface area contributed by atoms with Crippen molar-refractivity contribution in [2.75, 3.05) is 7.05 Å². The number of hydrogen-bond donors (Lipinski definition) is 2. The highest BCUT2D eigenvalue weighted by Gasteiger charge is 2.46. The average Bonchev–Trinajstić information content (AvgIpc) is 2.83. The van der Waals surface area contributed by atoms with Crippen LogP contribution in [0.15, 0.2) is 0 Å². The second kappa shape index (κ2) is 6.66. The lowest BCUT2D eigenvalue weighted by Gasteiger charge is -2.40. The Morgan fingerprint density at radius 3 is 2.52 bits per heavy atom. The molecule has 2 aliphatic rings. The molecule has 0 bridgehead atoms. The van der Waals surface area contributed by atoms with Gasteiger partial charge in [-0.05, 0) is 58.9 Å². The van der Waals surface area contributed by atoms with Crippen molar-refractivity contribution < 1.29 is 4.79 Å². The fourth-order valence-electron chi connectivity index (χ4n) is 4.52. The van der Waals surface area contributed by atoms with E-state index in [4.69, 9.17) is 5.73 Å². The Bertz CT molecular complexity index is 371. The van der Waals surface area contributed by atoms with E-state index < -0.39 is 5.54 Å². The smallest absolute Gasteiger partial charge is 0.237 e. The zero-order valence-electron chi connectivity index (χ0n) is 14.2. The predicted octanol–water partition coefficient (Wildman–Crippen LogP) is 2.27. The number of primary amides is 1. The van der Waals surface area contributed by atoms with E-state index in [1.807, 2.05) is 0 Å². The maximum absolute atomic E-state index is 12.0. The molecule has 4 atom stereocenters. The summed E-state index contributed by atoms with van der Waals surface area (Å²) >= 11 is 0. The van der Waals surface area contributed by atoms with Crippen LogP contribution >= 0.6 is 0 Å². The van der Waals surface area contributed by atoms with Gasteiger partial charge in [0.25, 0.3) is 0 Å². The van der Waals surface area contributed by atoms with Crippen LogP contribution in [0.2, 0.25) is 0 Å². The van der Waals surface area contributed by atoms with Crippen molar-refractivity contribution in [1.82, 2.24) is 10.2 Å². The Morgan fingerprint density at radius 2 is 1.95 bits per heavy atom. The molecule has 0 saturated heterocycles. The summed E-state index contributed by atoms with van der Waals surface area (Å²) in [5, 5.41) is 3.45. The first-order valence-electron chi connectivity index (χ1n) is 8.65. The zero-order valence-corrected chi connectivity index (χ0v) is 14.2. The van der Waals surface area contributed by atoms with E-state index >= 15 is 0 Å². The summed E-state index contributed by atoms with van der Waals surface area (Å²) in [7, 11) is 2.25. The number of rotatable bonds is 5. The molecule has 3 N–H and O–H groups in total. The molecule has 0 spiro atoms. The summed E-state index contributed by atoms with van der Waals surface area (Å²) in [6.07, 6.45) is 8.16. The van der Waals surface area contributed by atoms with Gasteiger partial charge in [-0.15, -0.1) is 0 Å². The highest BCUT2D eigenvalue weighted by molar-refractivity contribution is 5.85. The van der Waals surface area contributed by atoms with Crippen molar-refractivity contribution in [3.05, 3.63) is 0 Å². The SMILES string of the molecule is CC(C)NC1(C(N)=O)CCC(N(C)C2CCCCC2C)C1. The first-order chi connectivity index (χ1) is 9.85. The summed E-state index contributed by atoms with van der Waals surface area (Å²) in [5.74, 6) is 0.592. The van der Waals surface area contributed by atoms with Crippen molar-refractivity contribution in [3.63, 3.8) is 0 Å². The third-order valence-corrected chi connectivity index (χ3v) is 5.69. The molecule has 122 valence electrons. The van der Waals surface area contributed by atoms with Gasteiger partial charge < -0.3 is 16.0 Å². The van der Waals surface area contributed by atoms with E-state index in [0.29, 0.717) is 12.1 Å². The van der Waals surface area contributed by atoms with E-state index in [-0.39, 0.29) is 11.9 Å². The quantitative estimate of drug-likeness (QED) is 0.818. The number of hydrogen-bond acceptors (Lipinski definition) is 3. The third-order valence-electron chi connectivity index (χ3n) is 5.69. The number of carbonyl (C=O) groups is 1. The van der Waals surface area contributed by atoms with Crippen molar-refractivity contribution >= 4 is 5.91 Å². The molecular weight excluding hydrogens is 262 g/mol. The minimum absolute atomic E-state index is 0.177. The Balaban J connectivity index is 2.04. The predicted molar refractivity (Wildman–Crippen MR) is 87.0 cm³/mol. The van der Waals surface area contributed by atoms with Crippen molar-refractivity contribution in [3.8, 4) is 0 Å². The number of carbonyl (C=O) groups excluding carboxylic acids is 1. The van der Waals surface area contributed by atoms with Crippen LogP contribution in [0.4, 0.5) is 0 Å². The second-order valence-corrected chi connectivity index (χ2v) is 7.64. The largest absolute Gasteiger partial charge is 0.368 e. The summed E-state index contributed by atoms with van der Waals surface area (Å²) in [5.41, 5.74) is 5.23. The zero-order chi connectivity index (χ0) is 15.6. The lowest BCUT2D eigenvalue weighted by atomic mass is 9.84. The number of nitrogens with zero attached hydrogens (tertiary/aromatic N) is 1. The van der Waals surface area contributed by atoms with Gasteiger partial charge in [-0.25, -0.2) is 0 Å². The first kappa shape index (κ1) is 16.8. The van der Waals surface area contributed by atoms with E-state index in [2.05, 4.69) is 38.0 Å². The molecule has 0 radical (unpaired) electrons. The molecular formula is C17H33N3O. The van der Waals surface area contributed by atoms with Crippen LogP contribution in [-0.2, 0) is 4.79 Å². The highest BCUT2D eigenvalue weighted by atomic mass is 16.1. The summed E-state index contributed by atoms with van der Waals surface area (Å²) in [6.45, 7) is 6.55. The van der Waals surface area contributed by atoms with E-state index in [9.17, 15) is 4.79 Å². The van der Waals surface area contributed by atoms with Crippen LogP contribution < -0.4 is 11.1 Å². The summed E-state index contributed by atoms with van der Waals surface area (Å²) in [4.78, 5) is 14.6. The van der Waals surface area contributed by atoms with Crippen molar-refractivity contribution in [2.24, 2.45) is 11.7 Å². The molecule has 2 aliphatic carbocycles. The average molecular weight is 295 g/mol. The third kappa shape index (κ3) is 3.59. The lowest BCUT2D eigenvalue weighted by molar-refractivity contribution is -0.124. The van der Waals surface area contributed by atoms with Gasteiger partial charge in [0.1, 0.15) is 0 Å². The molecule has 21 heavy (non-hydrogen) atoms. The summed E-state index contributed by atoms with van der Waals surface area (Å²) < 4.78 is 0. The maximum atomic E-state index is 12.0. The fourth-order valence-corrected chi connectivity index (χ4v) is 4.52. The topological polar surface area (TPSA) is 58.4 Å². The molecule has 2 saturated carbocycles. The van der Waals surface area contributed by atoms with Gasteiger partial charge in [0.2, 0.25) is 5.91 Å². The van der Waals surface area contributed by atoms with E-state index in [1.54, 1.807) is 0 Å². The molecule has 0 aromatic heterocycles. The minimum atomic E-state index is -0.495. The molecule has 0 aliphatic heterocycles. The molecule has 4 heteroatoms. The van der Waals surface area contributed by atoms with Crippen LogP contribution in [0.25, 0.3) is 0 Å². The van der Waals surface area contributed by atoms with E-state index in [1.165, 1.54) is 25.7 Å². The van der Waals surface area contributed by atoms with Gasteiger partial charge in [-0.3, -0.25) is 4.79 Å². The van der Waals surface area contributed by atoms with Gasteiger partial charge in [0.05, 0.1) is 5.54 Å². The molecule has 1 amide bonds. The van der Waals surface area contributed by atoms with Gasteiger partial charge >= 0.3 is 0 Å². The number of nitrogens with one attached hydrogen (secondary N) is 1. The molecule has 0 heterocycles. The van der Waals surface area contributed by atoms with Crippen LogP contribution in [0, 0.1) is 5.92 Å². The molecule has 0 aromatic rings. The van der Waals surface area contributed by atoms with Crippen molar-refractivity contribution in [1.29, 1.82) is 0 Å². The standard InChI is InChI=1S/C17H33N3O/c1-12(2)19-17(16(18)21)10-9-14(11-17)20(4)15-8-6-5-7-13(15)3/h12-15,19H,5-11H2,1-4H3,(H2,18,21).